The molecule has 1 aromatic carbocycles. The average molecular weight is 531 g/mol. The summed E-state index contributed by atoms with van der Waals surface area (Å²) in [4.78, 5) is 35.7. The van der Waals surface area contributed by atoms with Gasteiger partial charge in [0.15, 0.2) is 5.17 Å². The van der Waals surface area contributed by atoms with Gasteiger partial charge >= 0.3 is 5.97 Å². The van der Waals surface area contributed by atoms with Crippen LogP contribution in [-0.2, 0) is 14.3 Å². The number of hydrogen-bond donors (Lipinski definition) is 1. The molecule has 1 amide bonds. The Labute approximate surface area is 225 Å². The molecule has 2 unspecified atom stereocenters. The first-order valence-electron chi connectivity index (χ1n) is 13.8. The van der Waals surface area contributed by atoms with Gasteiger partial charge in [-0.3, -0.25) is 14.7 Å². The third-order valence-corrected chi connectivity index (χ3v) is 9.09. The first-order valence-corrected chi connectivity index (χ1v) is 14.8. The number of esters is 1. The Morgan fingerprint density at radius 2 is 1.84 bits per heavy atom. The highest BCUT2D eigenvalue weighted by Crippen LogP contribution is 2.33. The van der Waals surface area contributed by atoms with Crippen molar-refractivity contribution < 1.29 is 19.1 Å². The molecule has 9 heteroatoms. The van der Waals surface area contributed by atoms with Gasteiger partial charge in [-0.05, 0) is 43.4 Å². The Morgan fingerprint density at radius 1 is 1.14 bits per heavy atom. The van der Waals surface area contributed by atoms with Crippen LogP contribution >= 0.6 is 11.8 Å². The second-order valence-electron chi connectivity index (χ2n) is 10.2. The van der Waals surface area contributed by atoms with E-state index in [9.17, 15) is 9.59 Å². The smallest absolute Gasteiger partial charge is 0.331 e. The minimum absolute atomic E-state index is 0.100. The molecular weight excluding hydrogens is 488 g/mol. The number of piperidine rings is 1. The Bertz CT molecular complexity index is 942. The van der Waals surface area contributed by atoms with Gasteiger partial charge < -0.3 is 19.7 Å². The number of amidine groups is 1. The molecule has 0 saturated carbocycles. The number of benzene rings is 1. The van der Waals surface area contributed by atoms with Gasteiger partial charge in [0.1, 0.15) is 5.54 Å². The zero-order chi connectivity index (χ0) is 26.3. The molecule has 0 radical (unpaired) electrons. The van der Waals surface area contributed by atoms with Crippen molar-refractivity contribution in [3.63, 3.8) is 0 Å². The van der Waals surface area contributed by atoms with Gasteiger partial charge in [-0.2, -0.15) is 0 Å². The predicted molar refractivity (Wildman–Crippen MR) is 148 cm³/mol. The molecule has 2 atom stereocenters. The van der Waals surface area contributed by atoms with Crippen LogP contribution in [0.3, 0.4) is 0 Å². The minimum atomic E-state index is -0.989. The lowest BCUT2D eigenvalue weighted by molar-refractivity contribution is -0.148. The van der Waals surface area contributed by atoms with Gasteiger partial charge in [0.25, 0.3) is 5.91 Å². The van der Waals surface area contributed by atoms with Crippen LogP contribution in [0.4, 0.5) is 0 Å². The van der Waals surface area contributed by atoms with Crippen molar-refractivity contribution in [2.45, 2.75) is 70.0 Å². The zero-order valence-electron chi connectivity index (χ0n) is 22.5. The van der Waals surface area contributed by atoms with Crippen LogP contribution in [-0.4, -0.2) is 90.7 Å². The average Bonchev–Trinajstić information content (AvgIpc) is 3.46. The van der Waals surface area contributed by atoms with Gasteiger partial charge in [0.2, 0.25) is 0 Å². The lowest BCUT2D eigenvalue weighted by Gasteiger charge is -2.40. The zero-order valence-corrected chi connectivity index (χ0v) is 23.4. The molecule has 3 aliphatic rings. The van der Waals surface area contributed by atoms with Crippen molar-refractivity contribution in [3.05, 3.63) is 35.4 Å². The number of carbonyl (C=O) groups excluding carboxylic acids is 2. The molecule has 0 aliphatic carbocycles. The molecule has 1 aromatic rings. The molecule has 37 heavy (non-hydrogen) atoms. The van der Waals surface area contributed by atoms with E-state index in [1.54, 1.807) is 0 Å². The number of aliphatic imine (C=N–C) groups is 1. The fourth-order valence-corrected chi connectivity index (χ4v) is 6.66. The number of rotatable bonds is 9. The van der Waals surface area contributed by atoms with Gasteiger partial charge in [-0.25, -0.2) is 4.79 Å². The van der Waals surface area contributed by atoms with E-state index in [2.05, 4.69) is 22.0 Å². The monoisotopic (exact) mass is 530 g/mol. The normalized spacial score (nSPS) is 22.8. The summed E-state index contributed by atoms with van der Waals surface area (Å²) in [7, 11) is 1.38. The van der Waals surface area contributed by atoms with Crippen LogP contribution < -0.4 is 5.32 Å². The summed E-state index contributed by atoms with van der Waals surface area (Å²) >= 11 is 1.83. The molecule has 1 N–H and O–H groups in total. The number of ether oxygens (including phenoxy) is 2. The molecule has 2 fully saturated rings. The number of morpholine rings is 1. The summed E-state index contributed by atoms with van der Waals surface area (Å²) in [6.45, 7) is 9.90. The summed E-state index contributed by atoms with van der Waals surface area (Å²) in [6.07, 6.45) is 5.19. The van der Waals surface area contributed by atoms with Crippen molar-refractivity contribution in [1.29, 1.82) is 0 Å². The van der Waals surface area contributed by atoms with Crippen molar-refractivity contribution >= 4 is 28.8 Å². The number of likely N-dealkylation sites (tertiary alicyclic amines) is 1. The molecule has 204 valence electrons. The van der Waals surface area contributed by atoms with Crippen LogP contribution in [0.25, 0.3) is 0 Å². The van der Waals surface area contributed by atoms with E-state index in [-0.39, 0.29) is 17.9 Å². The first kappa shape index (κ1) is 27.9. The SMILES string of the molecule is CCCCC(CC)(NC(=O)c1ccc(C2CSC(N3CCC(N4CCOCC4)CC3)=N2)cc1)C(=O)OC. The molecule has 4 rings (SSSR count). The van der Waals surface area contributed by atoms with E-state index < -0.39 is 5.54 Å². The van der Waals surface area contributed by atoms with Crippen LogP contribution in [0.1, 0.15) is 74.3 Å². The predicted octanol–water partition coefficient (Wildman–Crippen LogP) is 3.87. The van der Waals surface area contributed by atoms with Crippen molar-refractivity contribution in [1.82, 2.24) is 15.1 Å². The summed E-state index contributed by atoms with van der Waals surface area (Å²) in [5.41, 5.74) is 0.668. The van der Waals surface area contributed by atoms with E-state index in [0.717, 1.165) is 68.7 Å². The van der Waals surface area contributed by atoms with Crippen molar-refractivity contribution in [3.8, 4) is 0 Å². The summed E-state index contributed by atoms with van der Waals surface area (Å²) in [5.74, 6) is 0.290. The second kappa shape index (κ2) is 13.1. The number of nitrogens with zero attached hydrogens (tertiary/aromatic N) is 3. The maximum absolute atomic E-state index is 13.1. The van der Waals surface area contributed by atoms with E-state index in [4.69, 9.17) is 14.5 Å². The highest BCUT2D eigenvalue weighted by atomic mass is 32.2. The van der Waals surface area contributed by atoms with Crippen LogP contribution in [0.5, 0.6) is 0 Å². The minimum Gasteiger partial charge on any atom is -0.467 e. The number of carbonyl (C=O) groups is 2. The van der Waals surface area contributed by atoms with Crippen LogP contribution in [0, 0.1) is 0 Å². The van der Waals surface area contributed by atoms with E-state index in [1.165, 1.54) is 20.0 Å². The molecule has 0 aromatic heterocycles. The van der Waals surface area contributed by atoms with Gasteiger partial charge in [0, 0.05) is 43.5 Å². The van der Waals surface area contributed by atoms with Gasteiger partial charge in [-0.15, -0.1) is 0 Å². The Hall–Kier alpha value is -2.10. The lowest BCUT2D eigenvalue weighted by atomic mass is 9.89. The first-order chi connectivity index (χ1) is 18.0. The fourth-order valence-electron chi connectivity index (χ4n) is 5.52. The Balaban J connectivity index is 1.34. The number of hydrogen-bond acceptors (Lipinski definition) is 8. The van der Waals surface area contributed by atoms with Crippen molar-refractivity contribution in [2.24, 2.45) is 4.99 Å². The van der Waals surface area contributed by atoms with Gasteiger partial charge in [-0.1, -0.05) is 50.6 Å². The van der Waals surface area contributed by atoms with E-state index in [1.807, 2.05) is 43.0 Å². The number of methoxy groups -OCH3 is 1. The largest absolute Gasteiger partial charge is 0.467 e. The van der Waals surface area contributed by atoms with Crippen LogP contribution in [0.15, 0.2) is 29.3 Å². The van der Waals surface area contributed by atoms with Crippen LogP contribution in [0.2, 0.25) is 0 Å². The molecule has 8 nitrogen and oxygen atoms in total. The fraction of sp³-hybridized carbons (Fsp3) is 0.679. The van der Waals surface area contributed by atoms with Crippen molar-refractivity contribution in [2.75, 3.05) is 52.3 Å². The Morgan fingerprint density at radius 3 is 2.46 bits per heavy atom. The maximum Gasteiger partial charge on any atom is 0.331 e. The van der Waals surface area contributed by atoms with Gasteiger partial charge in [0.05, 0.1) is 26.4 Å². The number of amides is 1. The molecular formula is C28H42N4O4S. The third kappa shape index (κ3) is 6.67. The quantitative estimate of drug-likeness (QED) is 0.485. The maximum atomic E-state index is 13.1. The molecule has 3 heterocycles. The number of thioether (sulfide) groups is 1. The summed E-state index contributed by atoms with van der Waals surface area (Å²) < 4.78 is 10.5. The summed E-state index contributed by atoms with van der Waals surface area (Å²) in [6, 6.07) is 8.43. The topological polar surface area (TPSA) is 83.5 Å². The standard InChI is InChI=1S/C28H42N4O4S/c1-4-6-13-28(5-2,26(34)35-3)30-25(33)22-9-7-21(8-10-22)24-20-37-27(29-24)32-14-11-23(12-15-32)31-16-18-36-19-17-31/h7-10,23-24H,4-6,11-20H2,1-3H3,(H,30,33). The van der Waals surface area contributed by atoms with E-state index >= 15 is 0 Å². The molecule has 3 aliphatic heterocycles. The molecule has 0 bridgehead atoms. The van der Waals surface area contributed by atoms with E-state index in [0.29, 0.717) is 24.4 Å². The number of nitrogens with one attached hydrogen (secondary N) is 1. The Kier molecular flexibility index (Phi) is 9.90. The second-order valence-corrected chi connectivity index (χ2v) is 11.2. The number of unbranched alkanes of at least 4 members (excludes halogenated alkanes) is 1. The molecule has 2 saturated heterocycles. The lowest BCUT2D eigenvalue weighted by Crippen LogP contribution is -2.54. The summed E-state index contributed by atoms with van der Waals surface area (Å²) in [5, 5.41) is 4.13. The molecule has 0 spiro atoms. The highest BCUT2D eigenvalue weighted by Gasteiger charge is 2.39. The third-order valence-electron chi connectivity index (χ3n) is 7.98. The highest BCUT2D eigenvalue weighted by molar-refractivity contribution is 8.14.